The van der Waals surface area contributed by atoms with Crippen LogP contribution >= 0.6 is 15.9 Å². The maximum absolute atomic E-state index is 12.5. The molecule has 1 amide bonds. The normalized spacial score (nSPS) is 11.5. The molecule has 0 saturated carbocycles. The molecule has 5 aromatic rings. The maximum atomic E-state index is 12.5. The van der Waals surface area contributed by atoms with Gasteiger partial charge in [-0.15, -0.1) is 0 Å². The lowest BCUT2D eigenvalue weighted by molar-refractivity contribution is 0.0929. The summed E-state index contributed by atoms with van der Waals surface area (Å²) in [4.78, 5) is 12.5. The quantitative estimate of drug-likeness (QED) is 0.234. The zero-order valence-corrected chi connectivity index (χ0v) is 18.1. The van der Waals surface area contributed by atoms with Crippen molar-refractivity contribution < 1.29 is 13.6 Å². The highest BCUT2D eigenvalue weighted by molar-refractivity contribution is 9.10. The molecule has 152 valence electrons. The fourth-order valence-electron chi connectivity index (χ4n) is 3.50. The summed E-state index contributed by atoms with van der Waals surface area (Å²) in [6.07, 6.45) is 1.46. The zero-order valence-electron chi connectivity index (χ0n) is 16.6. The number of benzene rings is 3. The van der Waals surface area contributed by atoms with Crippen LogP contribution in [-0.4, -0.2) is 12.1 Å². The van der Waals surface area contributed by atoms with Gasteiger partial charge in [0.1, 0.15) is 17.1 Å². The molecule has 3 aromatic carbocycles. The van der Waals surface area contributed by atoms with Crippen molar-refractivity contribution in [1.82, 2.24) is 5.43 Å². The van der Waals surface area contributed by atoms with Crippen molar-refractivity contribution in [3.05, 3.63) is 94.4 Å². The summed E-state index contributed by atoms with van der Waals surface area (Å²) >= 11 is 3.56. The SMILES string of the molecule is Cc1ccc(-c2ccc(/C=N/NC(=O)c3cc4c(ccc5ccccc54)o3)o2)c(Br)c1. The standard InChI is InChI=1S/C25H17BrN2O3/c1-15-6-9-19(21(26)12-15)22-11-8-17(30-22)14-27-28-25(29)24-13-20-18-5-3-2-4-16(18)7-10-23(20)31-24/h2-14H,1H3,(H,28,29)/b27-14+. The molecule has 0 bridgehead atoms. The number of hydrogen-bond acceptors (Lipinski definition) is 4. The van der Waals surface area contributed by atoms with Gasteiger partial charge in [0.15, 0.2) is 5.76 Å². The minimum atomic E-state index is -0.426. The highest BCUT2D eigenvalue weighted by atomic mass is 79.9. The Morgan fingerprint density at radius 3 is 2.71 bits per heavy atom. The van der Waals surface area contributed by atoms with E-state index in [0.29, 0.717) is 17.1 Å². The first-order chi connectivity index (χ1) is 15.1. The first-order valence-corrected chi connectivity index (χ1v) is 10.5. The topological polar surface area (TPSA) is 67.7 Å². The second-order valence-electron chi connectivity index (χ2n) is 7.19. The third-order valence-corrected chi connectivity index (χ3v) is 5.68. The molecule has 5 rings (SSSR count). The van der Waals surface area contributed by atoms with E-state index >= 15 is 0 Å². The van der Waals surface area contributed by atoms with E-state index in [-0.39, 0.29) is 5.76 Å². The minimum Gasteiger partial charge on any atom is -0.455 e. The number of nitrogens with zero attached hydrogens (tertiary/aromatic N) is 1. The van der Waals surface area contributed by atoms with E-state index in [9.17, 15) is 4.79 Å². The maximum Gasteiger partial charge on any atom is 0.307 e. The van der Waals surface area contributed by atoms with Crippen molar-refractivity contribution in [3.8, 4) is 11.3 Å². The van der Waals surface area contributed by atoms with Crippen LogP contribution in [0.15, 0.2) is 91.2 Å². The molecule has 0 saturated heterocycles. The molecule has 0 atom stereocenters. The average Bonchev–Trinajstić information content (AvgIpc) is 3.41. The highest BCUT2D eigenvalue weighted by Crippen LogP contribution is 2.30. The summed E-state index contributed by atoms with van der Waals surface area (Å²) in [5.41, 5.74) is 5.26. The molecule has 6 heteroatoms. The monoisotopic (exact) mass is 472 g/mol. The van der Waals surface area contributed by atoms with Crippen molar-refractivity contribution in [2.45, 2.75) is 6.92 Å². The molecular weight excluding hydrogens is 456 g/mol. The van der Waals surface area contributed by atoms with Crippen molar-refractivity contribution in [1.29, 1.82) is 0 Å². The third kappa shape index (κ3) is 3.78. The van der Waals surface area contributed by atoms with Gasteiger partial charge in [0, 0.05) is 15.4 Å². The third-order valence-electron chi connectivity index (χ3n) is 5.02. The van der Waals surface area contributed by atoms with Crippen LogP contribution in [0.2, 0.25) is 0 Å². The molecule has 0 fully saturated rings. The van der Waals surface area contributed by atoms with Crippen molar-refractivity contribution >= 4 is 49.8 Å². The fourth-order valence-corrected chi connectivity index (χ4v) is 4.19. The summed E-state index contributed by atoms with van der Waals surface area (Å²) in [5, 5.41) is 7.03. The first-order valence-electron chi connectivity index (χ1n) is 9.69. The van der Waals surface area contributed by atoms with Crippen LogP contribution in [-0.2, 0) is 0 Å². The number of hydrogen-bond donors (Lipinski definition) is 1. The molecule has 2 heterocycles. The van der Waals surface area contributed by atoms with Gasteiger partial charge in [-0.05, 0) is 59.7 Å². The second-order valence-corrected chi connectivity index (χ2v) is 8.05. The Morgan fingerprint density at radius 1 is 0.968 bits per heavy atom. The van der Waals surface area contributed by atoms with E-state index in [1.165, 1.54) is 6.21 Å². The predicted octanol–water partition coefficient (Wildman–Crippen LogP) is 6.68. The lowest BCUT2D eigenvalue weighted by Gasteiger charge is -2.01. The zero-order chi connectivity index (χ0) is 21.4. The Hall–Kier alpha value is -3.64. The van der Waals surface area contributed by atoms with Gasteiger partial charge < -0.3 is 8.83 Å². The number of carbonyl (C=O) groups is 1. The Bertz CT molecular complexity index is 1460. The van der Waals surface area contributed by atoms with Gasteiger partial charge in [-0.3, -0.25) is 4.79 Å². The van der Waals surface area contributed by atoms with E-state index in [0.717, 1.165) is 31.8 Å². The van der Waals surface area contributed by atoms with Gasteiger partial charge in [0.2, 0.25) is 0 Å². The molecule has 0 aliphatic carbocycles. The van der Waals surface area contributed by atoms with Crippen LogP contribution in [0.4, 0.5) is 0 Å². The molecule has 0 aliphatic rings. The summed E-state index contributed by atoms with van der Waals surface area (Å²) in [6, 6.07) is 23.3. The smallest absolute Gasteiger partial charge is 0.307 e. The number of rotatable bonds is 4. The lowest BCUT2D eigenvalue weighted by Crippen LogP contribution is -2.16. The molecule has 0 spiro atoms. The first kappa shape index (κ1) is 19.3. The van der Waals surface area contributed by atoms with Gasteiger partial charge in [-0.2, -0.15) is 5.10 Å². The molecule has 0 unspecified atom stereocenters. The van der Waals surface area contributed by atoms with Crippen LogP contribution < -0.4 is 5.43 Å². The van der Waals surface area contributed by atoms with Gasteiger partial charge in [0.25, 0.3) is 0 Å². The Morgan fingerprint density at radius 2 is 1.84 bits per heavy atom. The molecule has 2 aromatic heterocycles. The Labute approximate surface area is 186 Å². The van der Waals surface area contributed by atoms with Crippen molar-refractivity contribution in [2.24, 2.45) is 5.10 Å². The molecular formula is C25H17BrN2O3. The second kappa shape index (κ2) is 7.89. The summed E-state index contributed by atoms with van der Waals surface area (Å²) in [5.74, 6) is 1.01. The van der Waals surface area contributed by atoms with E-state index in [1.54, 1.807) is 12.1 Å². The number of hydrazone groups is 1. The number of furan rings is 2. The van der Waals surface area contributed by atoms with Crippen molar-refractivity contribution in [2.75, 3.05) is 0 Å². The van der Waals surface area contributed by atoms with Crippen LogP contribution in [0, 0.1) is 6.92 Å². The lowest BCUT2D eigenvalue weighted by atomic mass is 10.1. The van der Waals surface area contributed by atoms with Crippen LogP contribution in [0.3, 0.4) is 0 Å². The number of nitrogens with one attached hydrogen (secondary N) is 1. The highest BCUT2D eigenvalue weighted by Gasteiger charge is 2.13. The van der Waals surface area contributed by atoms with Crippen LogP contribution in [0.5, 0.6) is 0 Å². The van der Waals surface area contributed by atoms with Gasteiger partial charge in [-0.1, -0.05) is 52.3 Å². The number of fused-ring (bicyclic) bond motifs is 3. The van der Waals surface area contributed by atoms with Gasteiger partial charge >= 0.3 is 5.91 Å². The summed E-state index contributed by atoms with van der Waals surface area (Å²) in [6.45, 7) is 2.03. The Balaban J connectivity index is 1.33. The minimum absolute atomic E-state index is 0.201. The van der Waals surface area contributed by atoms with E-state index in [4.69, 9.17) is 8.83 Å². The molecule has 5 nitrogen and oxygen atoms in total. The number of aryl methyl sites for hydroxylation is 1. The van der Waals surface area contributed by atoms with Crippen LogP contribution in [0.1, 0.15) is 21.9 Å². The number of amides is 1. The van der Waals surface area contributed by atoms with E-state index in [2.05, 4.69) is 26.5 Å². The molecule has 0 aliphatic heterocycles. The fraction of sp³-hybridized carbons (Fsp3) is 0.0400. The van der Waals surface area contributed by atoms with Gasteiger partial charge in [0.05, 0.1) is 6.21 Å². The Kier molecular flexibility index (Phi) is 4.92. The van der Waals surface area contributed by atoms with Crippen LogP contribution in [0.25, 0.3) is 33.1 Å². The van der Waals surface area contributed by atoms with E-state index < -0.39 is 5.91 Å². The number of carbonyl (C=O) groups excluding carboxylic acids is 1. The van der Waals surface area contributed by atoms with Gasteiger partial charge in [-0.25, -0.2) is 5.43 Å². The largest absolute Gasteiger partial charge is 0.455 e. The van der Waals surface area contributed by atoms with Crippen molar-refractivity contribution in [3.63, 3.8) is 0 Å². The summed E-state index contributed by atoms with van der Waals surface area (Å²) in [7, 11) is 0. The predicted molar refractivity (Wildman–Crippen MR) is 125 cm³/mol. The van der Waals surface area contributed by atoms with E-state index in [1.807, 2.05) is 67.6 Å². The number of halogens is 1. The molecule has 0 radical (unpaired) electrons. The molecule has 31 heavy (non-hydrogen) atoms. The average molecular weight is 473 g/mol. The summed E-state index contributed by atoms with van der Waals surface area (Å²) < 4.78 is 12.5. The molecule has 1 N–H and O–H groups in total.